The number of nitrogens with one attached hydrogen (secondary N) is 2. The summed E-state index contributed by atoms with van der Waals surface area (Å²) >= 11 is 0. The Kier molecular flexibility index (Phi) is 9.35. The number of pyridine rings is 1. The zero-order valence-electron chi connectivity index (χ0n) is 23.1. The number of rotatable bonds is 8. The molecule has 6 heteroatoms. The van der Waals surface area contributed by atoms with Crippen LogP contribution in [-0.2, 0) is 12.0 Å². The van der Waals surface area contributed by atoms with Crippen LogP contribution in [-0.4, -0.2) is 16.8 Å². The van der Waals surface area contributed by atoms with E-state index in [0.717, 1.165) is 28.0 Å². The van der Waals surface area contributed by atoms with Gasteiger partial charge in [0.2, 0.25) is 0 Å². The summed E-state index contributed by atoms with van der Waals surface area (Å²) in [6.07, 6.45) is 5.35. The summed E-state index contributed by atoms with van der Waals surface area (Å²) < 4.78 is 0. The maximum atomic E-state index is 13.2. The molecule has 3 rings (SSSR count). The Bertz CT molecular complexity index is 1470. The van der Waals surface area contributed by atoms with E-state index in [9.17, 15) is 14.9 Å². The summed E-state index contributed by atoms with van der Waals surface area (Å²) in [5.41, 5.74) is 5.96. The Labute approximate surface area is 230 Å². The molecular weight excluding hydrogens is 484 g/mol. The molecule has 0 fully saturated rings. The molecule has 39 heavy (non-hydrogen) atoms. The standard InChI is InChI=1S/C33H34N4O2/c1-7-28(37-32(39)26-16-23(20-34)17-27(18-26)33(4,5)6)19-30(22(2)3)24-11-13-25(14-12-24)31(38)36-21-29-10-8-9-15-35-29/h7-19H,2,21H2,1,3-6H3,(H,36,38)(H,37,39)/b28-7+,30-19+. The Morgan fingerprint density at radius 2 is 1.69 bits per heavy atom. The molecule has 0 atom stereocenters. The lowest BCUT2D eigenvalue weighted by atomic mass is 9.85. The fraction of sp³-hybridized carbons (Fsp3) is 0.212. The molecule has 0 aliphatic carbocycles. The molecule has 0 spiro atoms. The van der Waals surface area contributed by atoms with E-state index in [1.807, 2.05) is 83.2 Å². The summed E-state index contributed by atoms with van der Waals surface area (Å²) in [5.74, 6) is -0.494. The maximum absolute atomic E-state index is 13.2. The fourth-order valence-corrected chi connectivity index (χ4v) is 3.84. The third-order valence-electron chi connectivity index (χ3n) is 6.13. The second kappa shape index (κ2) is 12.7. The molecule has 0 aliphatic heterocycles. The first-order valence-electron chi connectivity index (χ1n) is 12.7. The molecule has 0 radical (unpaired) electrons. The summed E-state index contributed by atoms with van der Waals surface area (Å²) in [6.45, 7) is 14.3. The van der Waals surface area contributed by atoms with E-state index < -0.39 is 0 Å². The second-order valence-corrected chi connectivity index (χ2v) is 10.3. The molecule has 2 amide bonds. The molecule has 3 aromatic rings. The van der Waals surface area contributed by atoms with Gasteiger partial charge in [0.15, 0.2) is 0 Å². The molecule has 0 bridgehead atoms. The van der Waals surface area contributed by atoms with E-state index in [4.69, 9.17) is 0 Å². The minimum atomic E-state index is -0.303. The average molecular weight is 519 g/mol. The minimum absolute atomic E-state index is 0.191. The predicted octanol–water partition coefficient (Wildman–Crippen LogP) is 6.47. The van der Waals surface area contributed by atoms with Crippen molar-refractivity contribution >= 4 is 17.4 Å². The summed E-state index contributed by atoms with van der Waals surface area (Å²) in [6, 6.07) is 20.2. The lowest BCUT2D eigenvalue weighted by molar-refractivity contribution is 0.0947. The van der Waals surface area contributed by atoms with Crippen LogP contribution in [0.1, 0.15) is 77.7 Å². The average Bonchev–Trinajstić information content (AvgIpc) is 2.93. The van der Waals surface area contributed by atoms with Crippen LogP contribution < -0.4 is 10.6 Å². The van der Waals surface area contributed by atoms with Crippen molar-refractivity contribution in [2.45, 2.75) is 46.6 Å². The molecule has 0 saturated carbocycles. The molecule has 1 aromatic heterocycles. The number of carbonyl (C=O) groups excluding carboxylic acids is 2. The predicted molar refractivity (Wildman–Crippen MR) is 156 cm³/mol. The van der Waals surface area contributed by atoms with Crippen LogP contribution in [0, 0.1) is 11.3 Å². The van der Waals surface area contributed by atoms with E-state index in [1.54, 1.807) is 30.5 Å². The van der Waals surface area contributed by atoms with Gasteiger partial charge in [-0.1, -0.05) is 57.2 Å². The molecule has 0 aliphatic rings. The molecule has 2 aromatic carbocycles. The van der Waals surface area contributed by atoms with E-state index in [-0.39, 0.29) is 17.2 Å². The van der Waals surface area contributed by atoms with Crippen LogP contribution in [0.3, 0.4) is 0 Å². The van der Waals surface area contributed by atoms with Crippen molar-refractivity contribution in [3.8, 4) is 6.07 Å². The monoisotopic (exact) mass is 518 g/mol. The number of carbonyl (C=O) groups is 2. The van der Waals surface area contributed by atoms with Gasteiger partial charge in [-0.3, -0.25) is 14.6 Å². The lowest BCUT2D eigenvalue weighted by Gasteiger charge is -2.20. The van der Waals surface area contributed by atoms with Crippen molar-refractivity contribution in [1.29, 1.82) is 5.26 Å². The van der Waals surface area contributed by atoms with Crippen molar-refractivity contribution in [2.75, 3.05) is 0 Å². The van der Waals surface area contributed by atoms with E-state index in [2.05, 4.69) is 28.3 Å². The minimum Gasteiger partial charge on any atom is -0.346 e. The number of hydrogen-bond acceptors (Lipinski definition) is 4. The van der Waals surface area contributed by atoms with Crippen molar-refractivity contribution in [3.63, 3.8) is 0 Å². The van der Waals surface area contributed by atoms with Crippen LogP contribution in [0.25, 0.3) is 5.57 Å². The normalized spacial score (nSPS) is 11.9. The Hall–Kier alpha value is -4.76. The van der Waals surface area contributed by atoms with Crippen molar-refractivity contribution in [2.24, 2.45) is 0 Å². The first kappa shape index (κ1) is 28.8. The van der Waals surface area contributed by atoms with Gasteiger partial charge in [0.05, 0.1) is 23.9 Å². The molecule has 2 N–H and O–H groups in total. The van der Waals surface area contributed by atoms with Gasteiger partial charge in [-0.25, -0.2) is 0 Å². The summed E-state index contributed by atoms with van der Waals surface area (Å²) in [4.78, 5) is 30.0. The molecule has 1 heterocycles. The van der Waals surface area contributed by atoms with Crippen LogP contribution >= 0.6 is 0 Å². The lowest BCUT2D eigenvalue weighted by Crippen LogP contribution is -2.23. The number of benzene rings is 2. The summed E-state index contributed by atoms with van der Waals surface area (Å²) in [5, 5.41) is 15.3. The highest BCUT2D eigenvalue weighted by molar-refractivity contribution is 5.97. The van der Waals surface area contributed by atoms with Gasteiger partial charge in [0.1, 0.15) is 0 Å². The molecule has 6 nitrogen and oxygen atoms in total. The summed E-state index contributed by atoms with van der Waals surface area (Å²) in [7, 11) is 0. The molecule has 0 unspecified atom stereocenters. The molecular formula is C33H34N4O2. The molecule has 198 valence electrons. The first-order chi connectivity index (χ1) is 18.5. The van der Waals surface area contributed by atoms with Gasteiger partial charge in [-0.15, -0.1) is 0 Å². The number of amides is 2. The zero-order chi connectivity index (χ0) is 28.6. The van der Waals surface area contributed by atoms with E-state index in [1.165, 1.54) is 0 Å². The van der Waals surface area contributed by atoms with Gasteiger partial charge >= 0.3 is 0 Å². The third-order valence-corrected chi connectivity index (χ3v) is 6.13. The van der Waals surface area contributed by atoms with Crippen molar-refractivity contribution in [3.05, 3.63) is 130 Å². The Morgan fingerprint density at radius 1 is 1.00 bits per heavy atom. The van der Waals surface area contributed by atoms with Gasteiger partial charge in [0.25, 0.3) is 11.8 Å². The number of aromatic nitrogens is 1. The van der Waals surface area contributed by atoms with Gasteiger partial charge in [0, 0.05) is 23.0 Å². The third kappa shape index (κ3) is 7.86. The van der Waals surface area contributed by atoms with Crippen molar-refractivity contribution < 1.29 is 9.59 Å². The Balaban J connectivity index is 1.79. The quantitative estimate of drug-likeness (QED) is 0.334. The highest BCUT2D eigenvalue weighted by Gasteiger charge is 2.18. The largest absolute Gasteiger partial charge is 0.346 e. The number of hydrogen-bond donors (Lipinski definition) is 2. The highest BCUT2D eigenvalue weighted by Crippen LogP contribution is 2.26. The van der Waals surface area contributed by atoms with Crippen molar-refractivity contribution in [1.82, 2.24) is 15.6 Å². The van der Waals surface area contributed by atoms with Gasteiger partial charge in [-0.05, 0) is 84.5 Å². The topological polar surface area (TPSA) is 94.9 Å². The number of allylic oxidation sites excluding steroid dienone is 4. The SMILES string of the molecule is C=C(C)/C(=C\C(=C/C)NC(=O)c1cc(C#N)cc(C(C)(C)C)c1)c1ccc(C(=O)NCc2ccccn2)cc1. The second-order valence-electron chi connectivity index (χ2n) is 10.3. The molecule has 0 saturated heterocycles. The highest BCUT2D eigenvalue weighted by atomic mass is 16.2. The van der Waals surface area contributed by atoms with Crippen LogP contribution in [0.2, 0.25) is 0 Å². The van der Waals surface area contributed by atoms with Gasteiger partial charge in [-0.2, -0.15) is 5.26 Å². The van der Waals surface area contributed by atoms with E-state index in [0.29, 0.717) is 28.9 Å². The van der Waals surface area contributed by atoms with Crippen LogP contribution in [0.15, 0.2) is 96.9 Å². The first-order valence-corrected chi connectivity index (χ1v) is 12.7. The van der Waals surface area contributed by atoms with Crippen LogP contribution in [0.4, 0.5) is 0 Å². The Morgan fingerprint density at radius 3 is 2.26 bits per heavy atom. The smallest absolute Gasteiger partial charge is 0.255 e. The fourth-order valence-electron chi connectivity index (χ4n) is 3.84. The van der Waals surface area contributed by atoms with Gasteiger partial charge < -0.3 is 10.6 Å². The maximum Gasteiger partial charge on any atom is 0.255 e. The number of nitrogens with zero attached hydrogens (tertiary/aromatic N) is 2. The van der Waals surface area contributed by atoms with E-state index >= 15 is 0 Å². The van der Waals surface area contributed by atoms with Crippen LogP contribution in [0.5, 0.6) is 0 Å². The zero-order valence-corrected chi connectivity index (χ0v) is 23.1. The number of nitriles is 1.